The summed E-state index contributed by atoms with van der Waals surface area (Å²) >= 11 is 0. The maximum absolute atomic E-state index is 12.3. The van der Waals surface area contributed by atoms with Crippen molar-refractivity contribution in [3.05, 3.63) is 41.5 Å². The van der Waals surface area contributed by atoms with E-state index in [0.29, 0.717) is 11.3 Å². The fraction of sp³-hybridized carbons (Fsp3) is 0.400. The average Bonchev–Trinajstić information content (AvgIpc) is 3.15. The van der Waals surface area contributed by atoms with E-state index in [4.69, 9.17) is 15.7 Å². The van der Waals surface area contributed by atoms with Crippen molar-refractivity contribution in [3.63, 3.8) is 0 Å². The summed E-state index contributed by atoms with van der Waals surface area (Å²) in [7, 11) is 0. The third-order valence-electron chi connectivity index (χ3n) is 4.11. The second-order valence-electron chi connectivity index (χ2n) is 6.94. The minimum absolute atomic E-state index is 0.267. The molecule has 1 aromatic carbocycles. The van der Waals surface area contributed by atoms with E-state index < -0.39 is 23.4 Å². The van der Waals surface area contributed by atoms with Gasteiger partial charge in [0.25, 0.3) is 11.8 Å². The zero-order chi connectivity index (χ0) is 19.9. The van der Waals surface area contributed by atoms with E-state index in [1.54, 1.807) is 38.1 Å². The van der Waals surface area contributed by atoms with Crippen LogP contribution in [0, 0.1) is 11.8 Å². The Morgan fingerprint density at radius 1 is 1.33 bits per heavy atom. The Kier molecular flexibility index (Phi) is 6.99. The largest absolute Gasteiger partial charge is 0.481 e. The zero-order valence-corrected chi connectivity index (χ0v) is 15.5. The van der Waals surface area contributed by atoms with Gasteiger partial charge < -0.3 is 15.8 Å². The van der Waals surface area contributed by atoms with E-state index in [1.165, 1.54) is 5.48 Å². The third kappa shape index (κ3) is 6.13. The summed E-state index contributed by atoms with van der Waals surface area (Å²) in [6.45, 7) is 3.42. The van der Waals surface area contributed by atoms with E-state index >= 15 is 0 Å². The van der Waals surface area contributed by atoms with Crippen LogP contribution in [-0.4, -0.2) is 35.2 Å². The van der Waals surface area contributed by atoms with Crippen LogP contribution in [0.3, 0.4) is 0 Å². The van der Waals surface area contributed by atoms with Gasteiger partial charge in [-0.3, -0.25) is 14.8 Å². The number of carbonyl (C=O) groups excluding carboxylic acids is 2. The first-order valence-electron chi connectivity index (χ1n) is 8.75. The van der Waals surface area contributed by atoms with Crippen molar-refractivity contribution >= 4 is 11.8 Å². The highest BCUT2D eigenvalue weighted by molar-refractivity contribution is 5.97. The van der Waals surface area contributed by atoms with Crippen LogP contribution in [0.2, 0.25) is 0 Å². The summed E-state index contributed by atoms with van der Waals surface area (Å²) in [6.07, 6.45) is 5.44. The van der Waals surface area contributed by atoms with Gasteiger partial charge in [0.1, 0.15) is 18.4 Å². The van der Waals surface area contributed by atoms with Gasteiger partial charge in [0.15, 0.2) is 0 Å². The van der Waals surface area contributed by atoms with Crippen LogP contribution in [0.15, 0.2) is 35.9 Å². The van der Waals surface area contributed by atoms with Gasteiger partial charge in [0.05, 0.1) is 0 Å². The quantitative estimate of drug-likeness (QED) is 0.344. The molecule has 0 saturated heterocycles. The van der Waals surface area contributed by atoms with E-state index in [1.807, 2.05) is 0 Å². The van der Waals surface area contributed by atoms with Crippen LogP contribution in [0.5, 0.6) is 5.75 Å². The summed E-state index contributed by atoms with van der Waals surface area (Å²) < 4.78 is 5.54. The molecule has 0 unspecified atom stereocenters. The SMILES string of the molecule is CC(C)(N)[C@H](NC(=O)c1ccc(OCC#CC2=CCCC2)cc1)C(=O)NO. The summed E-state index contributed by atoms with van der Waals surface area (Å²) in [6, 6.07) is 5.37. The lowest BCUT2D eigenvalue weighted by molar-refractivity contribution is -0.132. The number of allylic oxidation sites excluding steroid dienone is 2. The Morgan fingerprint density at radius 2 is 2.04 bits per heavy atom. The molecule has 0 spiro atoms. The topological polar surface area (TPSA) is 114 Å². The number of hydrogen-bond acceptors (Lipinski definition) is 5. The fourth-order valence-corrected chi connectivity index (χ4v) is 2.62. The smallest absolute Gasteiger partial charge is 0.267 e. The summed E-state index contributed by atoms with van der Waals surface area (Å²) in [5.41, 5.74) is 7.86. The first kappa shape index (κ1) is 20.5. The number of amides is 2. The van der Waals surface area contributed by atoms with Gasteiger partial charge in [0.2, 0.25) is 0 Å². The van der Waals surface area contributed by atoms with Gasteiger partial charge in [-0.1, -0.05) is 17.9 Å². The molecular formula is C20H25N3O4. The van der Waals surface area contributed by atoms with E-state index in [0.717, 1.165) is 24.8 Å². The second kappa shape index (κ2) is 9.21. The third-order valence-corrected chi connectivity index (χ3v) is 4.11. The Bertz CT molecular complexity index is 767. The van der Waals surface area contributed by atoms with Crippen molar-refractivity contribution in [2.24, 2.45) is 5.73 Å². The van der Waals surface area contributed by atoms with Gasteiger partial charge in [-0.15, -0.1) is 0 Å². The van der Waals surface area contributed by atoms with Crippen LogP contribution in [-0.2, 0) is 4.79 Å². The maximum Gasteiger partial charge on any atom is 0.267 e. The van der Waals surface area contributed by atoms with Crippen molar-refractivity contribution < 1.29 is 19.5 Å². The Balaban J connectivity index is 1.93. The minimum Gasteiger partial charge on any atom is -0.481 e. The summed E-state index contributed by atoms with van der Waals surface area (Å²) in [5.74, 6) is 5.38. The molecule has 7 nitrogen and oxygen atoms in total. The van der Waals surface area contributed by atoms with Crippen LogP contribution in [0.1, 0.15) is 43.5 Å². The van der Waals surface area contributed by atoms with E-state index in [9.17, 15) is 9.59 Å². The molecular weight excluding hydrogens is 346 g/mol. The van der Waals surface area contributed by atoms with Crippen molar-refractivity contribution in [1.82, 2.24) is 10.8 Å². The van der Waals surface area contributed by atoms with E-state index in [-0.39, 0.29) is 6.61 Å². The number of nitrogens with two attached hydrogens (primary N) is 1. The molecule has 1 aliphatic rings. The Labute approximate surface area is 158 Å². The van der Waals surface area contributed by atoms with Crippen molar-refractivity contribution in [1.29, 1.82) is 0 Å². The standard InChI is InChI=1S/C20H25N3O4/c1-20(2,21)17(19(25)23-26)22-18(24)15-9-11-16(12-10-15)27-13-5-8-14-6-3-4-7-14/h6,9-12,17,26H,3-4,7,13,21H2,1-2H3,(H,22,24)(H,23,25)/t17-/m1/s1. The number of ether oxygens (including phenoxy) is 1. The van der Waals surface area contributed by atoms with Crippen LogP contribution >= 0.6 is 0 Å². The second-order valence-corrected chi connectivity index (χ2v) is 6.94. The van der Waals surface area contributed by atoms with Crippen LogP contribution in [0.25, 0.3) is 0 Å². The first-order valence-corrected chi connectivity index (χ1v) is 8.75. The Hall–Kier alpha value is -2.82. The molecule has 0 radical (unpaired) electrons. The number of benzene rings is 1. The van der Waals surface area contributed by atoms with Crippen LogP contribution in [0.4, 0.5) is 0 Å². The highest BCUT2D eigenvalue weighted by atomic mass is 16.5. The molecule has 2 amide bonds. The molecule has 0 saturated carbocycles. The number of carbonyl (C=O) groups is 2. The Morgan fingerprint density at radius 3 is 2.59 bits per heavy atom. The molecule has 2 rings (SSSR count). The van der Waals surface area contributed by atoms with Gasteiger partial charge in [-0.25, -0.2) is 5.48 Å². The fourth-order valence-electron chi connectivity index (χ4n) is 2.62. The van der Waals surface area contributed by atoms with Crippen molar-refractivity contribution in [2.45, 2.75) is 44.7 Å². The normalized spacial score (nSPS) is 14.4. The molecule has 5 N–H and O–H groups in total. The average molecular weight is 371 g/mol. The number of rotatable bonds is 6. The highest BCUT2D eigenvalue weighted by Crippen LogP contribution is 2.16. The lowest BCUT2D eigenvalue weighted by Crippen LogP contribution is -2.61. The molecule has 1 aromatic rings. The highest BCUT2D eigenvalue weighted by Gasteiger charge is 2.33. The van der Waals surface area contributed by atoms with E-state index in [2.05, 4.69) is 23.2 Å². The molecule has 0 aromatic heterocycles. The predicted octanol–water partition coefficient (Wildman–Crippen LogP) is 1.52. The van der Waals surface area contributed by atoms with Gasteiger partial charge >= 0.3 is 0 Å². The molecule has 1 atom stereocenters. The zero-order valence-electron chi connectivity index (χ0n) is 15.5. The number of hydrogen-bond donors (Lipinski definition) is 4. The van der Waals surface area contributed by atoms with Crippen LogP contribution < -0.4 is 21.3 Å². The molecule has 0 heterocycles. The lowest BCUT2D eigenvalue weighted by atomic mass is 9.95. The van der Waals surface area contributed by atoms with Gasteiger partial charge in [-0.05, 0) is 62.9 Å². The van der Waals surface area contributed by atoms with Gasteiger partial charge in [-0.2, -0.15) is 0 Å². The predicted molar refractivity (Wildman–Crippen MR) is 101 cm³/mol. The maximum atomic E-state index is 12.3. The molecule has 0 aliphatic heterocycles. The molecule has 7 heteroatoms. The first-order chi connectivity index (χ1) is 12.8. The van der Waals surface area contributed by atoms with Crippen molar-refractivity contribution in [2.75, 3.05) is 6.61 Å². The summed E-state index contributed by atoms with van der Waals surface area (Å²) in [5, 5.41) is 11.3. The molecule has 27 heavy (non-hydrogen) atoms. The van der Waals surface area contributed by atoms with Crippen molar-refractivity contribution in [3.8, 4) is 17.6 Å². The molecule has 0 bridgehead atoms. The minimum atomic E-state index is -1.09. The number of hydroxylamine groups is 1. The monoisotopic (exact) mass is 371 g/mol. The molecule has 0 fully saturated rings. The summed E-state index contributed by atoms with van der Waals surface area (Å²) in [4.78, 5) is 24.1. The lowest BCUT2D eigenvalue weighted by Gasteiger charge is -2.29. The molecule has 144 valence electrons. The number of nitrogens with one attached hydrogen (secondary N) is 2. The van der Waals surface area contributed by atoms with Gasteiger partial charge in [0, 0.05) is 11.1 Å². The molecule has 1 aliphatic carbocycles.